The lowest BCUT2D eigenvalue weighted by Gasteiger charge is -1.93. The van der Waals surface area contributed by atoms with Crippen molar-refractivity contribution in [2.24, 2.45) is 11.1 Å². The van der Waals surface area contributed by atoms with Crippen LogP contribution in [0.15, 0.2) is 5.16 Å². The molecule has 1 saturated carbocycles. The summed E-state index contributed by atoms with van der Waals surface area (Å²) in [7, 11) is 0. The van der Waals surface area contributed by atoms with Crippen molar-refractivity contribution in [1.82, 2.24) is 0 Å². The highest BCUT2D eigenvalue weighted by Gasteiger charge is 2.21. The number of hydrogen-bond donors (Lipinski definition) is 0. The van der Waals surface area contributed by atoms with Gasteiger partial charge in [-0.05, 0) is 25.2 Å². The second-order valence-corrected chi connectivity index (χ2v) is 2.82. The predicted molar refractivity (Wildman–Crippen MR) is 42.1 cm³/mol. The van der Waals surface area contributed by atoms with Crippen molar-refractivity contribution in [3.05, 3.63) is 0 Å². The van der Waals surface area contributed by atoms with Gasteiger partial charge in [0.05, 0.1) is 0 Å². The molecule has 0 aromatic heterocycles. The Morgan fingerprint density at radius 3 is 3.00 bits per heavy atom. The van der Waals surface area contributed by atoms with Crippen LogP contribution in [0.3, 0.4) is 0 Å². The van der Waals surface area contributed by atoms with E-state index in [2.05, 4.69) is 12.1 Å². The molecule has 1 rings (SSSR count). The number of hydrogen-bond acceptors (Lipinski definition) is 2. The third kappa shape index (κ3) is 3.49. The van der Waals surface area contributed by atoms with Crippen LogP contribution in [0.4, 0.5) is 0 Å². The van der Waals surface area contributed by atoms with Gasteiger partial charge in [0.15, 0.2) is 0 Å². The van der Waals surface area contributed by atoms with E-state index in [1.165, 1.54) is 12.8 Å². The van der Waals surface area contributed by atoms with E-state index in [0.29, 0.717) is 0 Å². The highest BCUT2D eigenvalue weighted by atomic mass is 16.6. The highest BCUT2D eigenvalue weighted by Crippen LogP contribution is 2.28. The van der Waals surface area contributed by atoms with Gasteiger partial charge in [-0.3, -0.25) is 0 Å². The lowest BCUT2D eigenvalue weighted by Crippen LogP contribution is -1.89. The van der Waals surface area contributed by atoms with Gasteiger partial charge in [0.1, 0.15) is 6.61 Å². The second-order valence-electron chi connectivity index (χ2n) is 2.82. The van der Waals surface area contributed by atoms with Crippen LogP contribution in [0.5, 0.6) is 0 Å². The fourth-order valence-corrected chi connectivity index (χ4v) is 0.667. The van der Waals surface area contributed by atoms with Crippen molar-refractivity contribution < 1.29 is 4.84 Å². The first-order valence-corrected chi connectivity index (χ1v) is 4.07. The first-order valence-electron chi connectivity index (χ1n) is 4.07. The van der Waals surface area contributed by atoms with Crippen LogP contribution in [0.2, 0.25) is 0 Å². The molecule has 1 fully saturated rings. The van der Waals surface area contributed by atoms with Gasteiger partial charge in [0, 0.05) is 6.21 Å². The molecule has 2 nitrogen and oxygen atoms in total. The average Bonchev–Trinajstić information content (AvgIpc) is 2.71. The second kappa shape index (κ2) is 4.31. The topological polar surface area (TPSA) is 21.6 Å². The molecule has 58 valence electrons. The van der Waals surface area contributed by atoms with E-state index in [9.17, 15) is 0 Å². The van der Waals surface area contributed by atoms with Crippen LogP contribution >= 0.6 is 0 Å². The van der Waals surface area contributed by atoms with Crippen molar-refractivity contribution >= 4 is 6.21 Å². The van der Waals surface area contributed by atoms with Crippen molar-refractivity contribution in [1.29, 1.82) is 0 Å². The fourth-order valence-electron chi connectivity index (χ4n) is 0.667. The van der Waals surface area contributed by atoms with Crippen molar-refractivity contribution in [3.63, 3.8) is 0 Å². The summed E-state index contributed by atoms with van der Waals surface area (Å²) < 4.78 is 0. The first-order chi connectivity index (χ1) is 4.93. The molecule has 0 N–H and O–H groups in total. The molecule has 0 aromatic rings. The molecule has 0 aromatic carbocycles. The molecule has 0 aliphatic heterocycles. The summed E-state index contributed by atoms with van der Waals surface area (Å²) in [5.74, 6) is 0.818. The number of oxime groups is 1. The summed E-state index contributed by atoms with van der Waals surface area (Å²) in [5, 5.41) is 3.82. The Bertz CT molecular complexity index is 108. The maximum atomic E-state index is 5.03. The van der Waals surface area contributed by atoms with Gasteiger partial charge in [-0.25, -0.2) is 0 Å². The van der Waals surface area contributed by atoms with E-state index in [-0.39, 0.29) is 0 Å². The maximum absolute atomic E-state index is 5.03. The Kier molecular flexibility index (Phi) is 3.27. The van der Waals surface area contributed by atoms with Crippen LogP contribution in [0.1, 0.15) is 32.6 Å². The minimum atomic E-state index is 0.818. The molecular formula is C8H15NO. The van der Waals surface area contributed by atoms with Gasteiger partial charge in [-0.2, -0.15) is 0 Å². The predicted octanol–water partition coefficient (Wildman–Crippen LogP) is 2.20. The third-order valence-electron chi connectivity index (χ3n) is 1.57. The van der Waals surface area contributed by atoms with E-state index in [0.717, 1.165) is 25.4 Å². The van der Waals surface area contributed by atoms with Gasteiger partial charge in [-0.15, -0.1) is 0 Å². The Morgan fingerprint density at radius 2 is 2.40 bits per heavy atom. The van der Waals surface area contributed by atoms with Gasteiger partial charge in [-0.1, -0.05) is 18.5 Å². The van der Waals surface area contributed by atoms with Gasteiger partial charge < -0.3 is 4.84 Å². The smallest absolute Gasteiger partial charge is 0.120 e. The quantitative estimate of drug-likeness (QED) is 0.425. The fraction of sp³-hybridized carbons (Fsp3) is 0.875. The molecular weight excluding hydrogens is 126 g/mol. The van der Waals surface area contributed by atoms with Crippen LogP contribution < -0.4 is 0 Å². The molecule has 1 aliphatic rings. The van der Waals surface area contributed by atoms with E-state index in [1.54, 1.807) is 0 Å². The SMILES string of the molecule is CCC/C=N/OCC1CC1. The summed E-state index contributed by atoms with van der Waals surface area (Å²) in [4.78, 5) is 5.03. The molecule has 10 heavy (non-hydrogen) atoms. The lowest BCUT2D eigenvalue weighted by molar-refractivity contribution is 0.135. The van der Waals surface area contributed by atoms with Crippen LogP contribution in [-0.2, 0) is 4.84 Å². The average molecular weight is 141 g/mol. The first kappa shape index (κ1) is 7.58. The molecule has 0 spiro atoms. The van der Waals surface area contributed by atoms with E-state index >= 15 is 0 Å². The molecule has 0 bridgehead atoms. The summed E-state index contributed by atoms with van der Waals surface area (Å²) in [6, 6.07) is 0. The Labute approximate surface area is 62.3 Å². The number of rotatable bonds is 5. The van der Waals surface area contributed by atoms with Crippen LogP contribution in [0.25, 0.3) is 0 Å². The molecule has 0 saturated heterocycles. The molecule has 0 amide bonds. The molecule has 0 heterocycles. The summed E-state index contributed by atoms with van der Waals surface area (Å²) in [6.45, 7) is 2.97. The molecule has 1 aliphatic carbocycles. The van der Waals surface area contributed by atoms with E-state index in [4.69, 9.17) is 4.84 Å². The summed E-state index contributed by atoms with van der Waals surface area (Å²) in [5.41, 5.74) is 0. The summed E-state index contributed by atoms with van der Waals surface area (Å²) in [6.07, 6.45) is 6.70. The Balaban J connectivity index is 1.83. The third-order valence-corrected chi connectivity index (χ3v) is 1.57. The number of unbranched alkanes of at least 4 members (excludes halogenated alkanes) is 1. The minimum absolute atomic E-state index is 0.818. The minimum Gasteiger partial charge on any atom is -0.396 e. The van der Waals surface area contributed by atoms with Crippen LogP contribution in [0, 0.1) is 5.92 Å². The Morgan fingerprint density at radius 1 is 1.60 bits per heavy atom. The molecule has 2 heteroatoms. The zero-order valence-electron chi connectivity index (χ0n) is 6.55. The molecule has 0 atom stereocenters. The van der Waals surface area contributed by atoms with E-state index in [1.807, 2.05) is 6.21 Å². The normalized spacial score (nSPS) is 18.1. The van der Waals surface area contributed by atoms with Crippen LogP contribution in [-0.4, -0.2) is 12.8 Å². The van der Waals surface area contributed by atoms with Crippen molar-refractivity contribution in [2.75, 3.05) is 6.61 Å². The lowest BCUT2D eigenvalue weighted by atomic mass is 10.4. The van der Waals surface area contributed by atoms with Gasteiger partial charge >= 0.3 is 0 Å². The maximum Gasteiger partial charge on any atom is 0.120 e. The summed E-state index contributed by atoms with van der Waals surface area (Å²) >= 11 is 0. The highest BCUT2D eigenvalue weighted by molar-refractivity contribution is 5.55. The number of nitrogens with zero attached hydrogens (tertiary/aromatic N) is 1. The zero-order chi connectivity index (χ0) is 7.23. The molecule has 0 radical (unpaired) electrons. The van der Waals surface area contributed by atoms with Gasteiger partial charge in [0.25, 0.3) is 0 Å². The monoisotopic (exact) mass is 141 g/mol. The molecule has 0 unspecified atom stereocenters. The van der Waals surface area contributed by atoms with E-state index < -0.39 is 0 Å². The van der Waals surface area contributed by atoms with Crippen molar-refractivity contribution in [3.8, 4) is 0 Å². The zero-order valence-corrected chi connectivity index (χ0v) is 6.55. The largest absolute Gasteiger partial charge is 0.396 e. The van der Waals surface area contributed by atoms with Gasteiger partial charge in [0.2, 0.25) is 0 Å². The Hall–Kier alpha value is -0.530. The standard InChI is InChI=1S/C8H15NO/c1-2-3-6-9-10-7-8-4-5-8/h6,8H,2-5,7H2,1H3/b9-6+. The van der Waals surface area contributed by atoms with Crippen molar-refractivity contribution in [2.45, 2.75) is 32.6 Å².